The van der Waals surface area contributed by atoms with E-state index in [-0.39, 0.29) is 35.9 Å². The van der Waals surface area contributed by atoms with Gasteiger partial charge in [-0.1, -0.05) is 29.2 Å². The van der Waals surface area contributed by atoms with Gasteiger partial charge in [0.2, 0.25) is 17.7 Å². The summed E-state index contributed by atoms with van der Waals surface area (Å²) in [6.07, 6.45) is 0. The highest BCUT2D eigenvalue weighted by molar-refractivity contribution is 8.00. The number of amides is 3. The number of methoxy groups -OCH3 is 2. The van der Waals surface area contributed by atoms with E-state index in [9.17, 15) is 29.1 Å². The van der Waals surface area contributed by atoms with Crippen LogP contribution >= 0.6 is 23.1 Å². The largest absolute Gasteiger partial charge is 0.504 e. The summed E-state index contributed by atoms with van der Waals surface area (Å²) in [6, 6.07) is 17.4. The Balaban J connectivity index is 1.38. The van der Waals surface area contributed by atoms with Crippen LogP contribution in [0.25, 0.3) is 0 Å². The number of phenols is 1. The second kappa shape index (κ2) is 13.0. The van der Waals surface area contributed by atoms with Crippen LogP contribution in [-0.2, 0) is 25.7 Å². The summed E-state index contributed by atoms with van der Waals surface area (Å²) in [7, 11) is 2.93. The number of nitrogens with zero attached hydrogens (tertiary/aromatic N) is 2. The minimum absolute atomic E-state index is 0.115. The summed E-state index contributed by atoms with van der Waals surface area (Å²) in [5.74, 6) is -2.99. The predicted molar refractivity (Wildman–Crippen MR) is 175 cm³/mol. The molecule has 14 heteroatoms. The molecule has 6 rings (SSSR count). The van der Waals surface area contributed by atoms with Gasteiger partial charge in [0.15, 0.2) is 11.5 Å². The minimum Gasteiger partial charge on any atom is -0.504 e. The second-order valence-corrected chi connectivity index (χ2v) is 12.8. The van der Waals surface area contributed by atoms with Gasteiger partial charge >= 0.3 is 10.8 Å². The van der Waals surface area contributed by atoms with E-state index in [1.807, 2.05) is 0 Å². The van der Waals surface area contributed by atoms with Crippen molar-refractivity contribution in [2.75, 3.05) is 31.0 Å². The number of aromatic hydroxyl groups is 1. The molecule has 2 N–H and O–H groups in total. The molecule has 47 heavy (non-hydrogen) atoms. The number of hydrogen-bond acceptors (Lipinski definition) is 11. The van der Waals surface area contributed by atoms with Gasteiger partial charge in [0.25, 0.3) is 0 Å². The molecule has 12 nitrogen and oxygen atoms in total. The van der Waals surface area contributed by atoms with Crippen LogP contribution in [0.4, 0.5) is 11.4 Å². The molecule has 3 amide bonds. The van der Waals surface area contributed by atoms with Crippen molar-refractivity contribution in [2.24, 2.45) is 5.92 Å². The fourth-order valence-electron chi connectivity index (χ4n) is 5.74. The summed E-state index contributed by atoms with van der Waals surface area (Å²) < 4.78 is 16.9. The molecule has 1 fully saturated rings. The van der Waals surface area contributed by atoms with Gasteiger partial charge < -0.3 is 24.6 Å². The molecule has 2 aliphatic heterocycles. The van der Waals surface area contributed by atoms with Crippen LogP contribution in [0.5, 0.6) is 17.2 Å². The molecule has 1 aromatic heterocycles. The number of hydrogen-bond donors (Lipinski definition) is 2. The molecule has 0 unspecified atom stereocenters. The molecule has 0 bridgehead atoms. The second-order valence-electron chi connectivity index (χ2n) is 10.7. The Bertz CT molecular complexity index is 1940. The molecular weight excluding hydrogens is 647 g/mol. The van der Waals surface area contributed by atoms with Crippen LogP contribution in [0.15, 0.2) is 76.6 Å². The zero-order valence-electron chi connectivity index (χ0n) is 25.4. The quantitative estimate of drug-likeness (QED) is 0.195. The van der Waals surface area contributed by atoms with E-state index in [4.69, 9.17) is 14.2 Å². The van der Waals surface area contributed by atoms with Crippen LogP contribution < -0.4 is 24.6 Å². The van der Waals surface area contributed by atoms with E-state index in [0.29, 0.717) is 26.9 Å². The van der Waals surface area contributed by atoms with Crippen molar-refractivity contribution in [1.82, 2.24) is 4.57 Å². The summed E-state index contributed by atoms with van der Waals surface area (Å²) in [4.78, 5) is 68.1. The molecule has 3 heterocycles. The van der Waals surface area contributed by atoms with Gasteiger partial charge in [0, 0.05) is 16.5 Å². The lowest BCUT2D eigenvalue weighted by atomic mass is 9.83. The molecule has 1 saturated heterocycles. The van der Waals surface area contributed by atoms with E-state index in [1.165, 1.54) is 49.1 Å². The minimum atomic E-state index is -0.936. The Labute approximate surface area is 276 Å². The number of imide groups is 1. The van der Waals surface area contributed by atoms with Crippen molar-refractivity contribution >= 4 is 58.2 Å². The molecule has 3 aromatic carbocycles. The zero-order chi connectivity index (χ0) is 33.4. The molecule has 4 aromatic rings. The zero-order valence-corrected chi connectivity index (χ0v) is 27.1. The van der Waals surface area contributed by atoms with Gasteiger partial charge in [-0.3, -0.25) is 23.7 Å². The summed E-state index contributed by atoms with van der Waals surface area (Å²) in [5.41, 5.74) is 1.61. The average Bonchev–Trinajstić information content (AvgIpc) is 3.51. The number of fused-ring (bicyclic) bond motifs is 2. The number of benzene rings is 3. The van der Waals surface area contributed by atoms with Crippen molar-refractivity contribution in [3.8, 4) is 17.2 Å². The van der Waals surface area contributed by atoms with Gasteiger partial charge in [0.1, 0.15) is 17.5 Å². The van der Waals surface area contributed by atoms with E-state index in [1.54, 1.807) is 43.3 Å². The summed E-state index contributed by atoms with van der Waals surface area (Å²) >= 11 is 1.98. The lowest BCUT2D eigenvalue weighted by Gasteiger charge is -2.31. The Morgan fingerprint density at radius 3 is 2.32 bits per heavy atom. The first-order valence-electron chi connectivity index (χ1n) is 14.5. The number of nitrogens with one attached hydrogen (secondary N) is 1. The average molecular weight is 676 g/mol. The first kappa shape index (κ1) is 31.9. The van der Waals surface area contributed by atoms with Crippen LogP contribution in [-0.4, -0.2) is 59.4 Å². The molecule has 0 radical (unpaired) electrons. The van der Waals surface area contributed by atoms with E-state index in [0.717, 1.165) is 28.0 Å². The van der Waals surface area contributed by atoms with Crippen LogP contribution in [0.2, 0.25) is 0 Å². The number of thioether (sulfide) groups is 1. The number of carbonyl (C=O) groups excluding carboxylic acids is 4. The molecular formula is C33H29N3O9S2. The highest BCUT2D eigenvalue weighted by Gasteiger charge is 2.57. The topological polar surface area (TPSA) is 153 Å². The maximum absolute atomic E-state index is 14.2. The maximum Gasteiger partial charge on any atom is 0.338 e. The van der Waals surface area contributed by atoms with Crippen molar-refractivity contribution in [3.63, 3.8) is 0 Å². The Kier molecular flexibility index (Phi) is 8.80. The molecule has 0 aliphatic carbocycles. The van der Waals surface area contributed by atoms with Crippen molar-refractivity contribution in [3.05, 3.63) is 92.4 Å². The lowest BCUT2D eigenvalue weighted by Crippen LogP contribution is -2.33. The van der Waals surface area contributed by atoms with Crippen LogP contribution in [0.1, 0.15) is 33.6 Å². The first-order chi connectivity index (χ1) is 22.6. The number of phenolic OH excluding ortho intramolecular Hbond substituents is 1. The van der Waals surface area contributed by atoms with Gasteiger partial charge in [-0.05, 0) is 73.2 Å². The monoisotopic (exact) mass is 675 g/mol. The Morgan fingerprint density at radius 2 is 1.66 bits per heavy atom. The molecule has 0 spiro atoms. The number of ether oxygens (including phenoxy) is 3. The van der Waals surface area contributed by atoms with Crippen LogP contribution in [0.3, 0.4) is 0 Å². The number of esters is 1. The van der Waals surface area contributed by atoms with Gasteiger partial charge in [-0.2, -0.15) is 0 Å². The highest BCUT2D eigenvalue weighted by atomic mass is 32.2. The van der Waals surface area contributed by atoms with Gasteiger partial charge in [0.05, 0.1) is 43.0 Å². The highest BCUT2D eigenvalue weighted by Crippen LogP contribution is 2.54. The maximum atomic E-state index is 14.2. The Hall–Kier alpha value is -5.08. The summed E-state index contributed by atoms with van der Waals surface area (Å²) in [6.45, 7) is 1.57. The van der Waals surface area contributed by atoms with Crippen LogP contribution in [0, 0.1) is 5.92 Å². The lowest BCUT2D eigenvalue weighted by molar-refractivity contribution is -0.122. The number of thiazole rings is 1. The van der Waals surface area contributed by atoms with E-state index < -0.39 is 45.6 Å². The van der Waals surface area contributed by atoms with E-state index in [2.05, 4.69) is 5.32 Å². The third-order valence-corrected chi connectivity index (χ3v) is 10.5. The number of carbonyl (C=O) groups is 4. The van der Waals surface area contributed by atoms with Gasteiger partial charge in [-0.15, -0.1) is 0 Å². The van der Waals surface area contributed by atoms with Crippen molar-refractivity contribution in [1.29, 1.82) is 0 Å². The standard InChI is InChI=1S/C33H29N3O9S2/c1-4-45-32(41)17-5-10-20(11-6-17)36-29(39)26-25(18-7-14-22(37)23(15-18)44-3)28-31(46-27(26)30(36)40)35(33(42)47-28)16-24(38)34-19-8-12-21(43-2)13-9-19/h5-15,25-27,37H,4,16H2,1-3H3,(H,34,38)/t25-,26+,27-/m0/s1. The number of anilines is 2. The molecule has 242 valence electrons. The normalized spacial score (nSPS) is 18.4. The van der Waals surface area contributed by atoms with Crippen molar-refractivity contribution < 1.29 is 38.5 Å². The molecule has 0 saturated carbocycles. The third-order valence-electron chi connectivity index (χ3n) is 7.92. The fraction of sp³-hybridized carbons (Fsp3) is 0.242. The molecule has 3 atom stereocenters. The number of aromatic nitrogens is 1. The SMILES string of the molecule is CCOC(=O)c1ccc(N2C(=O)[C@@H]3[C@H](c4ccc(O)c(OC)c4)c4sc(=O)n(CC(=O)Nc5ccc(OC)cc5)c4S[C@@H]3C2=O)cc1. The fourth-order valence-corrected chi connectivity index (χ4v) is 8.51. The predicted octanol–water partition coefficient (Wildman–Crippen LogP) is 4.24. The number of rotatable bonds is 9. The smallest absolute Gasteiger partial charge is 0.338 e. The summed E-state index contributed by atoms with van der Waals surface area (Å²) in [5, 5.41) is 12.5. The third kappa shape index (κ3) is 5.85. The van der Waals surface area contributed by atoms with Gasteiger partial charge in [-0.25, -0.2) is 9.69 Å². The first-order valence-corrected chi connectivity index (χ1v) is 16.2. The van der Waals surface area contributed by atoms with E-state index >= 15 is 0 Å². The molecule has 2 aliphatic rings. The Morgan fingerprint density at radius 1 is 0.936 bits per heavy atom. The van der Waals surface area contributed by atoms with Crippen molar-refractivity contribution in [2.45, 2.75) is 29.7 Å².